The zero-order chi connectivity index (χ0) is 13.7. The van der Waals surface area contributed by atoms with Crippen LogP contribution in [0.1, 0.15) is 36.1 Å². The van der Waals surface area contributed by atoms with E-state index in [0.29, 0.717) is 6.04 Å². The summed E-state index contributed by atoms with van der Waals surface area (Å²) in [5.41, 5.74) is 4.00. The van der Waals surface area contributed by atoms with Gasteiger partial charge in [-0.25, -0.2) is 0 Å². The van der Waals surface area contributed by atoms with Gasteiger partial charge in [0.25, 0.3) is 0 Å². The summed E-state index contributed by atoms with van der Waals surface area (Å²) < 4.78 is 0. The molecule has 0 radical (unpaired) electrons. The Hall–Kier alpha value is -0.830. The zero-order valence-electron chi connectivity index (χ0n) is 11.4. The van der Waals surface area contributed by atoms with Crippen molar-refractivity contribution in [2.24, 2.45) is 0 Å². The standard InChI is InChI=1S/C16H20ClNS/c1-3-7-18-16(9-13-6-8-19-11-13)15-10-14(17)5-4-12(15)2/h4-6,8,10-11,16,18H,3,7,9H2,1-2H3. The molecule has 1 unspecified atom stereocenters. The van der Waals surface area contributed by atoms with Crippen LogP contribution < -0.4 is 5.32 Å². The topological polar surface area (TPSA) is 12.0 Å². The molecule has 0 spiro atoms. The van der Waals surface area contributed by atoms with Crippen molar-refractivity contribution in [2.75, 3.05) is 6.54 Å². The smallest absolute Gasteiger partial charge is 0.0409 e. The number of thiophene rings is 1. The Kier molecular flexibility index (Phi) is 5.44. The summed E-state index contributed by atoms with van der Waals surface area (Å²) in [5.74, 6) is 0. The maximum Gasteiger partial charge on any atom is 0.0409 e. The van der Waals surface area contributed by atoms with Crippen LogP contribution >= 0.6 is 22.9 Å². The fraction of sp³-hybridized carbons (Fsp3) is 0.375. The Bertz CT molecular complexity index is 507. The highest BCUT2D eigenvalue weighted by Gasteiger charge is 2.14. The highest BCUT2D eigenvalue weighted by atomic mass is 35.5. The first-order valence-corrected chi connectivity index (χ1v) is 8.03. The number of rotatable bonds is 6. The minimum atomic E-state index is 0.341. The second-order valence-corrected chi connectivity index (χ2v) is 6.06. The number of hydrogen-bond acceptors (Lipinski definition) is 2. The molecule has 0 aliphatic rings. The van der Waals surface area contributed by atoms with Crippen LogP contribution in [-0.4, -0.2) is 6.54 Å². The van der Waals surface area contributed by atoms with Crippen LogP contribution in [0.3, 0.4) is 0 Å². The van der Waals surface area contributed by atoms with E-state index in [1.807, 2.05) is 6.07 Å². The lowest BCUT2D eigenvalue weighted by molar-refractivity contribution is 0.528. The minimum Gasteiger partial charge on any atom is -0.310 e. The Morgan fingerprint density at radius 2 is 2.16 bits per heavy atom. The Morgan fingerprint density at radius 3 is 2.84 bits per heavy atom. The van der Waals surface area contributed by atoms with E-state index in [4.69, 9.17) is 11.6 Å². The predicted octanol–water partition coefficient (Wildman–Crippen LogP) is 4.99. The van der Waals surface area contributed by atoms with Crippen LogP contribution in [0.25, 0.3) is 0 Å². The van der Waals surface area contributed by atoms with Gasteiger partial charge in [0.15, 0.2) is 0 Å². The van der Waals surface area contributed by atoms with Crippen molar-refractivity contribution >= 4 is 22.9 Å². The highest BCUT2D eigenvalue weighted by molar-refractivity contribution is 7.07. The highest BCUT2D eigenvalue weighted by Crippen LogP contribution is 2.25. The van der Waals surface area contributed by atoms with Gasteiger partial charge in [-0.05, 0) is 72.0 Å². The van der Waals surface area contributed by atoms with Gasteiger partial charge in [-0.15, -0.1) is 0 Å². The summed E-state index contributed by atoms with van der Waals surface area (Å²) in [4.78, 5) is 0. The largest absolute Gasteiger partial charge is 0.310 e. The van der Waals surface area contributed by atoms with Crippen molar-refractivity contribution in [3.05, 3.63) is 56.7 Å². The zero-order valence-corrected chi connectivity index (χ0v) is 13.0. The van der Waals surface area contributed by atoms with Crippen LogP contribution in [0.5, 0.6) is 0 Å². The summed E-state index contributed by atoms with van der Waals surface area (Å²) in [6.45, 7) is 5.38. The van der Waals surface area contributed by atoms with E-state index in [1.165, 1.54) is 16.7 Å². The van der Waals surface area contributed by atoms with E-state index in [-0.39, 0.29) is 0 Å². The van der Waals surface area contributed by atoms with E-state index in [1.54, 1.807) is 11.3 Å². The minimum absolute atomic E-state index is 0.341. The Balaban J connectivity index is 2.23. The number of benzene rings is 1. The van der Waals surface area contributed by atoms with Crippen molar-refractivity contribution in [2.45, 2.75) is 32.7 Å². The van der Waals surface area contributed by atoms with E-state index >= 15 is 0 Å². The van der Waals surface area contributed by atoms with E-state index in [9.17, 15) is 0 Å². The van der Waals surface area contributed by atoms with Gasteiger partial charge in [-0.3, -0.25) is 0 Å². The van der Waals surface area contributed by atoms with Crippen molar-refractivity contribution in [3.8, 4) is 0 Å². The molecule has 2 rings (SSSR count). The maximum absolute atomic E-state index is 6.15. The van der Waals surface area contributed by atoms with Gasteiger partial charge in [-0.2, -0.15) is 11.3 Å². The molecule has 0 bridgehead atoms. The average Bonchev–Trinajstić information content (AvgIpc) is 2.90. The summed E-state index contributed by atoms with van der Waals surface area (Å²) in [6, 6.07) is 8.70. The van der Waals surface area contributed by atoms with Gasteiger partial charge in [0.05, 0.1) is 0 Å². The molecule has 0 aliphatic carbocycles. The third kappa shape index (κ3) is 4.07. The van der Waals surface area contributed by atoms with Gasteiger partial charge < -0.3 is 5.32 Å². The number of nitrogens with one attached hydrogen (secondary N) is 1. The number of aryl methyl sites for hydroxylation is 1. The summed E-state index contributed by atoms with van der Waals surface area (Å²) in [6.07, 6.45) is 2.16. The van der Waals surface area contributed by atoms with Gasteiger partial charge >= 0.3 is 0 Å². The van der Waals surface area contributed by atoms with Gasteiger partial charge in [0.1, 0.15) is 0 Å². The monoisotopic (exact) mass is 293 g/mol. The molecule has 0 amide bonds. The summed E-state index contributed by atoms with van der Waals surface area (Å²) in [7, 11) is 0. The molecule has 1 N–H and O–H groups in total. The second kappa shape index (κ2) is 7.09. The first-order valence-electron chi connectivity index (χ1n) is 6.71. The first kappa shape index (κ1) is 14.6. The Morgan fingerprint density at radius 1 is 1.32 bits per heavy atom. The van der Waals surface area contributed by atoms with Crippen LogP contribution in [0.4, 0.5) is 0 Å². The SMILES string of the molecule is CCCNC(Cc1ccsc1)c1cc(Cl)ccc1C. The van der Waals surface area contributed by atoms with Crippen molar-refractivity contribution < 1.29 is 0 Å². The second-order valence-electron chi connectivity index (χ2n) is 4.84. The van der Waals surface area contributed by atoms with Crippen LogP contribution in [0.15, 0.2) is 35.0 Å². The molecule has 2 aromatic rings. The quantitative estimate of drug-likeness (QED) is 0.791. The Labute approximate surface area is 124 Å². The first-order chi connectivity index (χ1) is 9.20. The third-order valence-electron chi connectivity index (χ3n) is 3.28. The lowest BCUT2D eigenvalue weighted by Gasteiger charge is -2.21. The van der Waals surface area contributed by atoms with Gasteiger partial charge in [0, 0.05) is 11.1 Å². The maximum atomic E-state index is 6.15. The van der Waals surface area contributed by atoms with Crippen molar-refractivity contribution in [1.82, 2.24) is 5.32 Å². The average molecular weight is 294 g/mol. The summed E-state index contributed by atoms with van der Waals surface area (Å²) in [5, 5.41) is 8.81. The van der Waals surface area contributed by atoms with E-state index in [0.717, 1.165) is 24.4 Å². The molecule has 1 nitrogen and oxygen atoms in total. The van der Waals surface area contributed by atoms with E-state index in [2.05, 4.69) is 48.1 Å². The van der Waals surface area contributed by atoms with Crippen LogP contribution in [-0.2, 0) is 6.42 Å². The molecule has 102 valence electrons. The molecule has 0 fully saturated rings. The molecule has 3 heteroatoms. The molecule has 0 saturated heterocycles. The van der Waals surface area contributed by atoms with Crippen LogP contribution in [0, 0.1) is 6.92 Å². The fourth-order valence-electron chi connectivity index (χ4n) is 2.24. The van der Waals surface area contributed by atoms with Crippen molar-refractivity contribution in [3.63, 3.8) is 0 Å². The van der Waals surface area contributed by atoms with Crippen LogP contribution in [0.2, 0.25) is 5.02 Å². The molecule has 19 heavy (non-hydrogen) atoms. The lowest BCUT2D eigenvalue weighted by Crippen LogP contribution is -2.24. The number of hydrogen-bond donors (Lipinski definition) is 1. The van der Waals surface area contributed by atoms with E-state index < -0.39 is 0 Å². The lowest BCUT2D eigenvalue weighted by atomic mass is 9.96. The number of halogens is 1. The fourth-order valence-corrected chi connectivity index (χ4v) is 3.10. The van der Waals surface area contributed by atoms with Gasteiger partial charge in [-0.1, -0.05) is 24.6 Å². The normalized spacial score (nSPS) is 12.6. The molecular formula is C16H20ClNS. The van der Waals surface area contributed by atoms with Crippen molar-refractivity contribution in [1.29, 1.82) is 0 Å². The predicted molar refractivity (Wildman–Crippen MR) is 85.2 cm³/mol. The molecule has 1 aromatic carbocycles. The molecular weight excluding hydrogens is 274 g/mol. The third-order valence-corrected chi connectivity index (χ3v) is 4.24. The molecule has 0 saturated carbocycles. The molecule has 1 atom stereocenters. The molecule has 1 heterocycles. The molecule has 0 aliphatic heterocycles. The summed E-state index contributed by atoms with van der Waals surface area (Å²) >= 11 is 7.91. The van der Waals surface area contributed by atoms with Gasteiger partial charge in [0.2, 0.25) is 0 Å². The molecule has 1 aromatic heterocycles.